The molecule has 1 atom stereocenters. The lowest BCUT2D eigenvalue weighted by Gasteiger charge is -2.19. The number of anilines is 2. The number of phenols is 1. The highest BCUT2D eigenvalue weighted by molar-refractivity contribution is 8.00. The quantitative estimate of drug-likeness (QED) is 0.0772. The first-order chi connectivity index (χ1) is 23.7. The van der Waals surface area contributed by atoms with Crippen LogP contribution in [0.3, 0.4) is 0 Å². The van der Waals surface area contributed by atoms with Gasteiger partial charge in [-0.3, -0.25) is 14.4 Å². The number of carbonyl (C=O) groups is 3. The van der Waals surface area contributed by atoms with E-state index in [4.69, 9.17) is 21.1 Å². The third-order valence-electron chi connectivity index (χ3n) is 7.15. The van der Waals surface area contributed by atoms with Crippen LogP contribution in [0.15, 0.2) is 132 Å². The fourth-order valence-electron chi connectivity index (χ4n) is 4.78. The molecule has 9 nitrogen and oxygen atoms in total. The van der Waals surface area contributed by atoms with E-state index in [0.29, 0.717) is 43.9 Å². The highest BCUT2D eigenvalue weighted by atomic mass is 35.5. The van der Waals surface area contributed by atoms with Crippen molar-refractivity contribution in [3.05, 3.63) is 149 Å². The molecule has 0 heterocycles. The van der Waals surface area contributed by atoms with Gasteiger partial charge in [-0.1, -0.05) is 66.2 Å². The van der Waals surface area contributed by atoms with E-state index in [1.54, 1.807) is 72.8 Å². The van der Waals surface area contributed by atoms with E-state index in [1.165, 1.54) is 44.2 Å². The first-order valence-electron chi connectivity index (χ1n) is 15.0. The van der Waals surface area contributed by atoms with Crippen LogP contribution in [-0.4, -0.2) is 37.0 Å². The number of aromatic hydroxyl groups is 1. The fraction of sp³-hybridized carbons (Fsp3) is 0.0789. The molecule has 0 spiro atoms. The monoisotopic (exact) mass is 693 g/mol. The predicted octanol–water partition coefficient (Wildman–Crippen LogP) is 7.94. The van der Waals surface area contributed by atoms with E-state index in [1.807, 2.05) is 36.4 Å². The number of ether oxygens (including phenoxy) is 2. The van der Waals surface area contributed by atoms with Crippen LogP contribution in [0.2, 0.25) is 5.02 Å². The van der Waals surface area contributed by atoms with Crippen LogP contribution < -0.4 is 25.4 Å². The Morgan fingerprint density at radius 3 is 2.20 bits per heavy atom. The number of amides is 3. The van der Waals surface area contributed by atoms with E-state index >= 15 is 0 Å². The van der Waals surface area contributed by atoms with Gasteiger partial charge in [0.2, 0.25) is 5.91 Å². The van der Waals surface area contributed by atoms with Crippen molar-refractivity contribution < 1.29 is 29.0 Å². The van der Waals surface area contributed by atoms with Gasteiger partial charge in [0, 0.05) is 32.8 Å². The summed E-state index contributed by atoms with van der Waals surface area (Å²) in [5.74, 6) is -0.644. The number of carbonyl (C=O) groups excluding carboxylic acids is 3. The predicted molar refractivity (Wildman–Crippen MR) is 193 cm³/mol. The molecule has 5 aromatic rings. The van der Waals surface area contributed by atoms with Crippen molar-refractivity contribution in [3.8, 4) is 17.2 Å². The second-order valence-electron chi connectivity index (χ2n) is 10.5. The van der Waals surface area contributed by atoms with Crippen molar-refractivity contribution in [3.63, 3.8) is 0 Å². The summed E-state index contributed by atoms with van der Waals surface area (Å²) in [6.07, 6.45) is 1.47. The minimum Gasteiger partial charge on any atom is -0.508 e. The minimum absolute atomic E-state index is 0.0168. The number of benzene rings is 5. The number of nitrogens with one attached hydrogen (secondary N) is 3. The van der Waals surface area contributed by atoms with Crippen LogP contribution in [-0.2, 0) is 9.59 Å². The first-order valence-corrected chi connectivity index (χ1v) is 16.2. The molecular weight excluding hydrogens is 662 g/mol. The van der Waals surface area contributed by atoms with Gasteiger partial charge in [0.05, 0.1) is 19.9 Å². The maximum Gasteiger partial charge on any atom is 0.272 e. The van der Waals surface area contributed by atoms with E-state index in [-0.39, 0.29) is 17.4 Å². The average molecular weight is 694 g/mol. The van der Waals surface area contributed by atoms with Gasteiger partial charge >= 0.3 is 0 Å². The zero-order valence-corrected chi connectivity index (χ0v) is 28.0. The van der Waals surface area contributed by atoms with Gasteiger partial charge in [0.1, 0.15) is 28.2 Å². The zero-order chi connectivity index (χ0) is 34.8. The third-order valence-corrected chi connectivity index (χ3v) is 8.63. The number of phenolic OH excluding ortho intramolecular Hbond substituents is 1. The molecule has 0 fully saturated rings. The van der Waals surface area contributed by atoms with Gasteiger partial charge in [-0.2, -0.15) is 0 Å². The maximum absolute atomic E-state index is 13.7. The van der Waals surface area contributed by atoms with E-state index < -0.39 is 17.1 Å². The number of rotatable bonds is 12. The lowest BCUT2D eigenvalue weighted by atomic mass is 10.1. The maximum atomic E-state index is 13.7. The second kappa shape index (κ2) is 16.4. The van der Waals surface area contributed by atoms with Crippen molar-refractivity contribution in [2.45, 2.75) is 10.1 Å². The number of hydrogen-bond donors (Lipinski definition) is 4. The van der Waals surface area contributed by atoms with Crippen LogP contribution in [0.4, 0.5) is 11.4 Å². The summed E-state index contributed by atoms with van der Waals surface area (Å²) in [6, 6.07) is 34.2. The van der Waals surface area contributed by atoms with Gasteiger partial charge in [-0.05, 0) is 72.3 Å². The molecule has 49 heavy (non-hydrogen) atoms. The lowest BCUT2D eigenvalue weighted by Crippen LogP contribution is -2.30. The summed E-state index contributed by atoms with van der Waals surface area (Å²) in [7, 11) is 2.95. The molecule has 0 radical (unpaired) electrons. The van der Waals surface area contributed by atoms with Gasteiger partial charge in [-0.15, -0.1) is 11.8 Å². The van der Waals surface area contributed by atoms with E-state index in [0.717, 1.165) is 5.56 Å². The van der Waals surface area contributed by atoms with E-state index in [9.17, 15) is 19.5 Å². The Bertz CT molecular complexity index is 1990. The van der Waals surface area contributed by atoms with Crippen molar-refractivity contribution >= 4 is 58.5 Å². The van der Waals surface area contributed by atoms with Gasteiger partial charge in [0.15, 0.2) is 0 Å². The summed E-state index contributed by atoms with van der Waals surface area (Å²) < 4.78 is 10.8. The minimum atomic E-state index is -0.682. The number of thioether (sulfide) groups is 1. The van der Waals surface area contributed by atoms with Crippen molar-refractivity contribution in [1.82, 2.24) is 5.32 Å². The van der Waals surface area contributed by atoms with Gasteiger partial charge < -0.3 is 30.5 Å². The molecule has 248 valence electrons. The highest BCUT2D eigenvalue weighted by Gasteiger charge is 2.24. The molecule has 0 aliphatic carbocycles. The Morgan fingerprint density at radius 2 is 1.49 bits per heavy atom. The molecule has 0 bridgehead atoms. The summed E-state index contributed by atoms with van der Waals surface area (Å²) >= 11 is 7.49. The summed E-state index contributed by atoms with van der Waals surface area (Å²) in [6.45, 7) is 0. The molecule has 0 saturated carbocycles. The summed E-state index contributed by atoms with van der Waals surface area (Å²) in [4.78, 5) is 41.3. The van der Waals surface area contributed by atoms with Crippen molar-refractivity contribution in [2.24, 2.45) is 0 Å². The molecule has 4 N–H and O–H groups in total. The van der Waals surface area contributed by atoms with Crippen molar-refractivity contribution in [1.29, 1.82) is 0 Å². The standard InChI is InChI=1S/C38H32ClN3O6S/c1-47-33-19-17-27(39)21-31(33)41-38(46)35(24-10-5-3-6-11-24)49-30-15-9-14-28(22-30)40-37(45)32(42-36(44)25-12-7-4-8-13-25)20-26-16-18-29(43)23-34(26)48-2/h3-23,35,43H,1-2H3,(H,40,45)(H,41,46)(H,42,44)/b32-20+. The highest BCUT2D eigenvalue weighted by Crippen LogP contribution is 2.38. The van der Waals surface area contributed by atoms with Crippen LogP contribution in [0.5, 0.6) is 17.2 Å². The molecule has 0 saturated heterocycles. The van der Waals surface area contributed by atoms with Crippen LogP contribution in [0, 0.1) is 0 Å². The number of halogens is 1. The molecule has 0 aliphatic rings. The van der Waals surface area contributed by atoms with Gasteiger partial charge in [-0.25, -0.2) is 0 Å². The smallest absolute Gasteiger partial charge is 0.272 e. The Labute approximate surface area is 292 Å². The molecule has 0 aromatic heterocycles. The van der Waals surface area contributed by atoms with Gasteiger partial charge in [0.25, 0.3) is 11.8 Å². The molecule has 0 aliphatic heterocycles. The molecule has 1 unspecified atom stereocenters. The Morgan fingerprint density at radius 1 is 0.776 bits per heavy atom. The molecule has 3 amide bonds. The largest absolute Gasteiger partial charge is 0.508 e. The topological polar surface area (TPSA) is 126 Å². The number of methoxy groups -OCH3 is 2. The Balaban J connectivity index is 1.41. The zero-order valence-electron chi connectivity index (χ0n) is 26.5. The molecule has 11 heteroatoms. The summed E-state index contributed by atoms with van der Waals surface area (Å²) in [5, 5.41) is 18.2. The third kappa shape index (κ3) is 9.22. The van der Waals surface area contributed by atoms with Crippen LogP contribution in [0.1, 0.15) is 26.7 Å². The molecule has 5 aromatic carbocycles. The Hall–Kier alpha value is -5.71. The Kier molecular flexibility index (Phi) is 11.6. The van der Waals surface area contributed by atoms with Crippen LogP contribution >= 0.6 is 23.4 Å². The fourth-order valence-corrected chi connectivity index (χ4v) is 6.03. The molecular formula is C38H32ClN3O6S. The first kappa shape index (κ1) is 34.6. The average Bonchev–Trinajstić information content (AvgIpc) is 3.11. The second-order valence-corrected chi connectivity index (χ2v) is 12.1. The van der Waals surface area contributed by atoms with E-state index in [2.05, 4.69) is 16.0 Å². The van der Waals surface area contributed by atoms with Crippen LogP contribution in [0.25, 0.3) is 6.08 Å². The summed E-state index contributed by atoms with van der Waals surface area (Å²) in [5.41, 5.74) is 2.38. The normalized spacial score (nSPS) is 11.6. The lowest BCUT2D eigenvalue weighted by molar-refractivity contribution is -0.116. The van der Waals surface area contributed by atoms with Crippen molar-refractivity contribution in [2.75, 3.05) is 24.9 Å². The SMILES string of the molecule is COc1cc(O)ccc1/C=C(/NC(=O)c1ccccc1)C(=O)Nc1cccc(SC(C(=O)Nc2cc(Cl)ccc2OC)c2ccccc2)c1. The number of hydrogen-bond acceptors (Lipinski definition) is 7. The molecule has 5 rings (SSSR count).